The Kier molecular flexibility index (Phi) is 3.96. The van der Waals surface area contributed by atoms with Crippen molar-refractivity contribution in [2.24, 2.45) is 0 Å². The highest BCUT2D eigenvalue weighted by molar-refractivity contribution is 7.80. The summed E-state index contributed by atoms with van der Waals surface area (Å²) in [6.07, 6.45) is 2.19. The molecule has 18 heavy (non-hydrogen) atoms. The smallest absolute Gasteiger partial charge is 0.387 e. The van der Waals surface area contributed by atoms with Crippen molar-refractivity contribution >= 4 is 23.0 Å². The summed E-state index contributed by atoms with van der Waals surface area (Å²) in [5.41, 5.74) is 1.39. The van der Waals surface area contributed by atoms with Gasteiger partial charge in [-0.1, -0.05) is 6.07 Å². The van der Waals surface area contributed by atoms with Gasteiger partial charge in [-0.25, -0.2) is 0 Å². The molecule has 1 fully saturated rings. The van der Waals surface area contributed by atoms with Crippen LogP contribution < -0.4 is 15.4 Å². The van der Waals surface area contributed by atoms with E-state index in [-0.39, 0.29) is 5.75 Å². The van der Waals surface area contributed by atoms with Gasteiger partial charge in [-0.05, 0) is 49.7 Å². The van der Waals surface area contributed by atoms with Gasteiger partial charge in [0.25, 0.3) is 0 Å². The lowest BCUT2D eigenvalue weighted by atomic mass is 10.2. The van der Waals surface area contributed by atoms with Crippen molar-refractivity contribution in [3.05, 3.63) is 23.8 Å². The molecule has 0 saturated heterocycles. The minimum Gasteiger partial charge on any atom is -0.433 e. The third kappa shape index (κ3) is 3.80. The Morgan fingerprint density at radius 1 is 1.44 bits per heavy atom. The van der Waals surface area contributed by atoms with E-state index >= 15 is 0 Å². The van der Waals surface area contributed by atoms with Gasteiger partial charge in [-0.15, -0.1) is 0 Å². The van der Waals surface area contributed by atoms with Crippen LogP contribution in [0.25, 0.3) is 0 Å². The van der Waals surface area contributed by atoms with Crippen molar-refractivity contribution in [2.75, 3.05) is 5.32 Å². The van der Waals surface area contributed by atoms with Crippen molar-refractivity contribution in [3.8, 4) is 5.75 Å². The minimum atomic E-state index is -2.85. The monoisotopic (exact) mass is 272 g/mol. The molecular formula is C12H14F2N2OS. The number of hydrogen-bond donors (Lipinski definition) is 2. The zero-order chi connectivity index (χ0) is 13.1. The maximum atomic E-state index is 12.3. The standard InChI is InChI=1S/C12H14F2N2OS/c1-7-2-5-10(17-11(13)14)9(6-7)16-12(18)15-8-3-4-8/h2,5-6,8,11H,3-4H2,1H3,(H2,15,16,18). The Bertz CT molecular complexity index is 450. The molecule has 0 radical (unpaired) electrons. The number of anilines is 1. The number of halogens is 2. The van der Waals surface area contributed by atoms with E-state index in [1.54, 1.807) is 12.1 Å². The minimum absolute atomic E-state index is 0.0931. The molecule has 0 aromatic heterocycles. The first kappa shape index (κ1) is 13.0. The zero-order valence-corrected chi connectivity index (χ0v) is 10.7. The molecule has 2 N–H and O–H groups in total. The largest absolute Gasteiger partial charge is 0.433 e. The van der Waals surface area contributed by atoms with Crippen LogP contribution in [0, 0.1) is 6.92 Å². The molecule has 1 aliphatic carbocycles. The van der Waals surface area contributed by atoms with E-state index in [2.05, 4.69) is 15.4 Å². The van der Waals surface area contributed by atoms with Crippen LogP contribution in [0.5, 0.6) is 5.75 Å². The van der Waals surface area contributed by atoms with Gasteiger partial charge >= 0.3 is 6.61 Å². The molecule has 6 heteroatoms. The zero-order valence-electron chi connectivity index (χ0n) is 9.87. The molecule has 2 rings (SSSR count). The van der Waals surface area contributed by atoms with Crippen LogP contribution in [0.1, 0.15) is 18.4 Å². The SMILES string of the molecule is Cc1ccc(OC(F)F)c(NC(=S)NC2CC2)c1. The second-order valence-corrected chi connectivity index (χ2v) is 4.66. The van der Waals surface area contributed by atoms with Gasteiger partial charge in [-0.2, -0.15) is 8.78 Å². The first-order valence-electron chi connectivity index (χ1n) is 5.67. The first-order valence-corrected chi connectivity index (χ1v) is 6.08. The third-order valence-electron chi connectivity index (χ3n) is 2.51. The molecule has 3 nitrogen and oxygen atoms in total. The summed E-state index contributed by atoms with van der Waals surface area (Å²) in [5.74, 6) is 0.0931. The molecule has 0 amide bonds. The number of hydrogen-bond acceptors (Lipinski definition) is 2. The van der Waals surface area contributed by atoms with Gasteiger partial charge in [0.2, 0.25) is 0 Å². The van der Waals surface area contributed by atoms with Crippen molar-refractivity contribution in [1.82, 2.24) is 5.32 Å². The highest BCUT2D eigenvalue weighted by Crippen LogP contribution is 2.27. The summed E-state index contributed by atoms with van der Waals surface area (Å²) in [6.45, 7) is -0.979. The molecular weight excluding hydrogens is 258 g/mol. The predicted octanol–water partition coefficient (Wildman–Crippen LogP) is 3.05. The number of benzene rings is 1. The Morgan fingerprint density at radius 3 is 2.78 bits per heavy atom. The lowest BCUT2D eigenvalue weighted by Crippen LogP contribution is -2.30. The summed E-state index contributed by atoms with van der Waals surface area (Å²) in [7, 11) is 0. The lowest BCUT2D eigenvalue weighted by molar-refractivity contribution is -0.0493. The van der Waals surface area contributed by atoms with E-state index in [4.69, 9.17) is 12.2 Å². The highest BCUT2D eigenvalue weighted by atomic mass is 32.1. The van der Waals surface area contributed by atoms with Crippen LogP contribution in [-0.2, 0) is 0 Å². The molecule has 1 aromatic rings. The second-order valence-electron chi connectivity index (χ2n) is 4.25. The van der Waals surface area contributed by atoms with E-state index in [0.29, 0.717) is 16.8 Å². The highest BCUT2D eigenvalue weighted by Gasteiger charge is 2.22. The number of aryl methyl sites for hydroxylation is 1. The quantitative estimate of drug-likeness (QED) is 0.825. The topological polar surface area (TPSA) is 33.3 Å². The maximum absolute atomic E-state index is 12.3. The van der Waals surface area contributed by atoms with Crippen molar-refractivity contribution < 1.29 is 13.5 Å². The normalized spacial score (nSPS) is 14.4. The van der Waals surface area contributed by atoms with Crippen molar-refractivity contribution in [2.45, 2.75) is 32.4 Å². The second kappa shape index (κ2) is 5.48. The fraction of sp³-hybridized carbons (Fsp3) is 0.417. The van der Waals surface area contributed by atoms with E-state index in [0.717, 1.165) is 18.4 Å². The molecule has 1 aromatic carbocycles. The van der Waals surface area contributed by atoms with Crippen molar-refractivity contribution in [3.63, 3.8) is 0 Å². The Labute approximate surface area is 110 Å². The molecule has 1 aliphatic rings. The fourth-order valence-electron chi connectivity index (χ4n) is 1.51. The number of ether oxygens (including phenoxy) is 1. The van der Waals surface area contributed by atoms with Crippen LogP contribution in [0.2, 0.25) is 0 Å². The summed E-state index contributed by atoms with van der Waals surface area (Å²) in [4.78, 5) is 0. The Balaban J connectivity index is 2.07. The summed E-state index contributed by atoms with van der Waals surface area (Å²) < 4.78 is 29.0. The Morgan fingerprint density at radius 2 is 2.17 bits per heavy atom. The number of rotatable bonds is 4. The number of alkyl halides is 2. The van der Waals surface area contributed by atoms with E-state index in [1.165, 1.54) is 6.07 Å². The Hall–Kier alpha value is -1.43. The van der Waals surface area contributed by atoms with Gasteiger partial charge in [0.1, 0.15) is 5.75 Å². The van der Waals surface area contributed by atoms with Gasteiger partial charge in [0.15, 0.2) is 5.11 Å². The van der Waals surface area contributed by atoms with E-state index < -0.39 is 6.61 Å². The molecule has 0 heterocycles. The molecule has 0 bridgehead atoms. The number of thiocarbonyl (C=S) groups is 1. The average molecular weight is 272 g/mol. The van der Waals surface area contributed by atoms with Crippen LogP contribution >= 0.6 is 12.2 Å². The van der Waals surface area contributed by atoms with Gasteiger partial charge in [0.05, 0.1) is 5.69 Å². The van der Waals surface area contributed by atoms with Crippen LogP contribution in [-0.4, -0.2) is 17.8 Å². The molecule has 0 unspecified atom stereocenters. The molecule has 98 valence electrons. The molecule has 0 aliphatic heterocycles. The molecule has 1 saturated carbocycles. The van der Waals surface area contributed by atoms with Gasteiger partial charge < -0.3 is 15.4 Å². The summed E-state index contributed by atoms with van der Waals surface area (Å²) in [6, 6.07) is 5.34. The van der Waals surface area contributed by atoms with Crippen LogP contribution in [0.3, 0.4) is 0 Å². The van der Waals surface area contributed by atoms with Crippen molar-refractivity contribution in [1.29, 1.82) is 0 Å². The van der Waals surface area contributed by atoms with Gasteiger partial charge in [-0.3, -0.25) is 0 Å². The lowest BCUT2D eigenvalue weighted by Gasteiger charge is -2.14. The predicted molar refractivity (Wildman–Crippen MR) is 70.2 cm³/mol. The maximum Gasteiger partial charge on any atom is 0.387 e. The van der Waals surface area contributed by atoms with Crippen LogP contribution in [0.4, 0.5) is 14.5 Å². The third-order valence-corrected chi connectivity index (χ3v) is 2.73. The molecule has 0 spiro atoms. The van der Waals surface area contributed by atoms with E-state index in [1.807, 2.05) is 6.92 Å². The van der Waals surface area contributed by atoms with E-state index in [9.17, 15) is 8.78 Å². The summed E-state index contributed by atoms with van der Waals surface area (Å²) in [5, 5.41) is 6.40. The average Bonchev–Trinajstić information content (AvgIpc) is 3.05. The molecule has 0 atom stereocenters. The summed E-state index contributed by atoms with van der Waals surface area (Å²) >= 11 is 5.10. The first-order chi connectivity index (χ1) is 8.54. The van der Waals surface area contributed by atoms with Crippen LogP contribution in [0.15, 0.2) is 18.2 Å². The number of nitrogens with one attached hydrogen (secondary N) is 2. The fourth-order valence-corrected chi connectivity index (χ4v) is 1.79. The van der Waals surface area contributed by atoms with Gasteiger partial charge in [0, 0.05) is 6.04 Å².